The minimum Gasteiger partial charge on any atom is -0.454 e. The number of carbonyl (C=O) groups is 1. The van der Waals surface area contributed by atoms with Crippen LogP contribution in [-0.2, 0) is 11.3 Å². The van der Waals surface area contributed by atoms with Crippen molar-refractivity contribution in [2.45, 2.75) is 26.4 Å². The van der Waals surface area contributed by atoms with Crippen LogP contribution in [0.25, 0.3) is 0 Å². The van der Waals surface area contributed by atoms with Gasteiger partial charge in [0.1, 0.15) is 12.3 Å². The zero-order valence-electron chi connectivity index (χ0n) is 14.8. The maximum atomic E-state index is 11.0. The number of nitrogens with zero attached hydrogens (tertiary/aromatic N) is 2. The number of hydrogen-bond donors (Lipinski definition) is 3. The van der Waals surface area contributed by atoms with E-state index in [1.54, 1.807) is 12.1 Å². The fraction of sp³-hybridized carbons (Fsp3) is 0.625. The van der Waals surface area contributed by atoms with Gasteiger partial charge in [0.05, 0.1) is 13.2 Å². The van der Waals surface area contributed by atoms with Crippen LogP contribution in [-0.4, -0.2) is 62.2 Å². The number of halogens is 1. The lowest BCUT2D eigenvalue weighted by atomic mass is 10.2. The molecule has 8 nitrogen and oxygen atoms in total. The second-order valence-electron chi connectivity index (χ2n) is 5.70. The Labute approximate surface area is 165 Å². The number of nitrogens with one attached hydrogen (secondary N) is 2. The number of nitrogens with two attached hydrogens (primary N) is 1. The summed E-state index contributed by atoms with van der Waals surface area (Å²) >= 11 is 0. The van der Waals surface area contributed by atoms with E-state index < -0.39 is 5.91 Å². The molecule has 1 aliphatic heterocycles. The summed E-state index contributed by atoms with van der Waals surface area (Å²) in [7, 11) is 0. The first-order valence-electron chi connectivity index (χ1n) is 8.32. The van der Waals surface area contributed by atoms with E-state index in [0.717, 1.165) is 45.4 Å². The van der Waals surface area contributed by atoms with Gasteiger partial charge in [-0.3, -0.25) is 9.69 Å². The summed E-state index contributed by atoms with van der Waals surface area (Å²) in [4.78, 5) is 17.9. The van der Waals surface area contributed by atoms with Gasteiger partial charge in [0.2, 0.25) is 0 Å². The maximum Gasteiger partial charge on any atom is 0.284 e. The van der Waals surface area contributed by atoms with Gasteiger partial charge in [0.25, 0.3) is 5.91 Å². The average Bonchev–Trinajstić information content (AvgIpc) is 3.07. The molecule has 142 valence electrons. The van der Waals surface area contributed by atoms with Crippen molar-refractivity contribution in [3.63, 3.8) is 0 Å². The second kappa shape index (κ2) is 11.3. The first kappa shape index (κ1) is 21.7. The van der Waals surface area contributed by atoms with Gasteiger partial charge in [-0.05, 0) is 26.0 Å². The summed E-state index contributed by atoms with van der Waals surface area (Å²) < 4.78 is 10.7. The highest BCUT2D eigenvalue weighted by Crippen LogP contribution is 2.08. The van der Waals surface area contributed by atoms with E-state index in [-0.39, 0.29) is 29.7 Å². The molecule has 1 aromatic rings. The number of carbonyl (C=O) groups excluding carboxylic acids is 1. The molecule has 0 aliphatic carbocycles. The molecule has 1 aromatic heterocycles. The van der Waals surface area contributed by atoms with Crippen molar-refractivity contribution in [2.75, 3.05) is 39.4 Å². The third-order valence-corrected chi connectivity index (χ3v) is 3.88. The highest BCUT2D eigenvalue weighted by atomic mass is 127. The fourth-order valence-corrected chi connectivity index (χ4v) is 2.49. The molecule has 4 N–H and O–H groups in total. The van der Waals surface area contributed by atoms with E-state index in [1.807, 2.05) is 6.92 Å². The van der Waals surface area contributed by atoms with Crippen LogP contribution in [0.5, 0.6) is 0 Å². The van der Waals surface area contributed by atoms with Crippen molar-refractivity contribution in [3.05, 3.63) is 23.7 Å². The predicted octanol–water partition coefficient (Wildman–Crippen LogP) is 0.772. The van der Waals surface area contributed by atoms with Gasteiger partial charge >= 0.3 is 0 Å². The van der Waals surface area contributed by atoms with Crippen LogP contribution in [0, 0.1) is 0 Å². The minimum absolute atomic E-state index is 0. The molecule has 1 amide bonds. The third-order valence-electron chi connectivity index (χ3n) is 3.88. The van der Waals surface area contributed by atoms with Crippen molar-refractivity contribution in [1.82, 2.24) is 15.5 Å². The van der Waals surface area contributed by atoms with Crippen LogP contribution in [0.2, 0.25) is 0 Å². The van der Waals surface area contributed by atoms with Gasteiger partial charge < -0.3 is 25.5 Å². The molecule has 1 aliphatic rings. The van der Waals surface area contributed by atoms with Gasteiger partial charge in [-0.2, -0.15) is 0 Å². The average molecular weight is 465 g/mol. The van der Waals surface area contributed by atoms with Crippen molar-refractivity contribution >= 4 is 35.8 Å². The molecule has 1 fully saturated rings. The monoisotopic (exact) mass is 465 g/mol. The lowest BCUT2D eigenvalue weighted by Crippen LogP contribution is -2.49. The molecule has 1 unspecified atom stereocenters. The Hall–Kier alpha value is -1.33. The SMILES string of the molecule is CCNC(=NCc1ccc(C(N)=O)o1)NCC(C)N1CCOCC1.I. The number of furan rings is 1. The Morgan fingerprint density at radius 2 is 2.08 bits per heavy atom. The van der Waals surface area contributed by atoms with E-state index in [4.69, 9.17) is 14.9 Å². The smallest absolute Gasteiger partial charge is 0.284 e. The third kappa shape index (κ3) is 7.20. The molecule has 2 heterocycles. The van der Waals surface area contributed by atoms with Gasteiger partial charge in [0.15, 0.2) is 11.7 Å². The highest BCUT2D eigenvalue weighted by Gasteiger charge is 2.17. The lowest BCUT2D eigenvalue weighted by Gasteiger charge is -2.32. The molecule has 1 saturated heterocycles. The van der Waals surface area contributed by atoms with Crippen LogP contribution in [0.1, 0.15) is 30.2 Å². The Balaban J connectivity index is 0.00000312. The summed E-state index contributed by atoms with van der Waals surface area (Å²) in [5.74, 6) is 0.894. The Morgan fingerprint density at radius 3 is 2.68 bits per heavy atom. The van der Waals surface area contributed by atoms with Gasteiger partial charge in [-0.15, -0.1) is 24.0 Å². The Morgan fingerprint density at radius 1 is 1.36 bits per heavy atom. The zero-order chi connectivity index (χ0) is 17.4. The molecular weight excluding hydrogens is 437 g/mol. The summed E-state index contributed by atoms with van der Waals surface area (Å²) in [6.07, 6.45) is 0. The van der Waals surface area contributed by atoms with Crippen LogP contribution in [0.15, 0.2) is 21.5 Å². The van der Waals surface area contributed by atoms with E-state index in [1.165, 1.54) is 0 Å². The quantitative estimate of drug-likeness (QED) is 0.312. The molecule has 25 heavy (non-hydrogen) atoms. The standard InChI is InChI=1S/C16H27N5O3.HI/c1-3-18-16(19-10-12(2)21-6-8-23-9-7-21)20-11-13-4-5-14(24-13)15(17)22;/h4-5,12H,3,6-11H2,1-2H3,(H2,17,22)(H2,18,19,20);1H. The molecule has 1 atom stereocenters. The minimum atomic E-state index is -0.574. The van der Waals surface area contributed by atoms with Crippen LogP contribution < -0.4 is 16.4 Å². The topological polar surface area (TPSA) is 105 Å². The second-order valence-corrected chi connectivity index (χ2v) is 5.70. The molecule has 9 heteroatoms. The van der Waals surface area contributed by atoms with Crippen molar-refractivity contribution in [3.8, 4) is 0 Å². The Kier molecular flexibility index (Phi) is 9.83. The van der Waals surface area contributed by atoms with Crippen LogP contribution >= 0.6 is 24.0 Å². The number of morpholine rings is 1. The molecule has 2 rings (SSSR count). The number of hydrogen-bond acceptors (Lipinski definition) is 5. The number of amides is 1. The molecule has 0 radical (unpaired) electrons. The molecular formula is C16H28IN5O3. The zero-order valence-corrected chi connectivity index (χ0v) is 17.1. The van der Waals surface area contributed by atoms with Gasteiger partial charge in [0, 0.05) is 32.2 Å². The highest BCUT2D eigenvalue weighted by molar-refractivity contribution is 14.0. The summed E-state index contributed by atoms with van der Waals surface area (Å²) in [6, 6.07) is 3.67. The van der Waals surface area contributed by atoms with Gasteiger partial charge in [-0.1, -0.05) is 0 Å². The number of guanidine groups is 1. The first-order valence-corrected chi connectivity index (χ1v) is 8.32. The predicted molar refractivity (Wildman–Crippen MR) is 107 cm³/mol. The summed E-state index contributed by atoms with van der Waals surface area (Å²) in [5.41, 5.74) is 5.18. The largest absolute Gasteiger partial charge is 0.454 e. The van der Waals surface area contributed by atoms with Crippen molar-refractivity contribution in [2.24, 2.45) is 10.7 Å². The van der Waals surface area contributed by atoms with Crippen LogP contribution in [0.4, 0.5) is 0 Å². The lowest BCUT2D eigenvalue weighted by molar-refractivity contribution is 0.0211. The molecule has 0 saturated carbocycles. The Bertz CT molecular complexity index is 558. The van der Waals surface area contributed by atoms with E-state index in [2.05, 4.69) is 27.4 Å². The summed E-state index contributed by atoms with van der Waals surface area (Å²) in [6.45, 7) is 9.60. The number of primary amides is 1. The number of aliphatic imine (C=N–C) groups is 1. The number of ether oxygens (including phenoxy) is 1. The van der Waals surface area contributed by atoms with Gasteiger partial charge in [-0.25, -0.2) is 4.99 Å². The molecule has 0 spiro atoms. The molecule has 0 aromatic carbocycles. The van der Waals surface area contributed by atoms with Crippen LogP contribution in [0.3, 0.4) is 0 Å². The van der Waals surface area contributed by atoms with E-state index in [9.17, 15) is 4.79 Å². The van der Waals surface area contributed by atoms with E-state index in [0.29, 0.717) is 18.3 Å². The van der Waals surface area contributed by atoms with E-state index >= 15 is 0 Å². The summed E-state index contributed by atoms with van der Waals surface area (Å²) in [5, 5.41) is 6.54. The molecule has 0 bridgehead atoms. The fourth-order valence-electron chi connectivity index (χ4n) is 2.49. The normalized spacial score (nSPS) is 16.8. The maximum absolute atomic E-state index is 11.0. The van der Waals surface area contributed by atoms with Crippen molar-refractivity contribution in [1.29, 1.82) is 0 Å². The van der Waals surface area contributed by atoms with Crippen molar-refractivity contribution < 1.29 is 13.9 Å². The number of rotatable bonds is 7. The first-order chi connectivity index (χ1) is 11.6.